The Morgan fingerprint density at radius 1 is 1.17 bits per heavy atom. The van der Waals surface area contributed by atoms with Gasteiger partial charge in [0.2, 0.25) is 5.88 Å². The van der Waals surface area contributed by atoms with Gasteiger partial charge in [-0.1, -0.05) is 0 Å². The zero-order valence-electron chi connectivity index (χ0n) is 13.1. The van der Waals surface area contributed by atoms with Crippen LogP contribution in [0.3, 0.4) is 0 Å². The number of anilines is 3. The first-order chi connectivity index (χ1) is 11.6. The molecule has 0 bridgehead atoms. The smallest absolute Gasteiger partial charge is 0.389 e. The van der Waals surface area contributed by atoms with Crippen molar-refractivity contribution in [1.29, 1.82) is 0 Å². The quantitative estimate of drug-likeness (QED) is 0.748. The number of hydrogen-bond acceptors (Lipinski definition) is 7. The molecule has 0 radical (unpaired) electrons. The summed E-state index contributed by atoms with van der Waals surface area (Å²) in [4.78, 5) is 24.5. The summed E-state index contributed by atoms with van der Waals surface area (Å²) in [6.45, 7) is 3.67. The Morgan fingerprint density at radius 2 is 2.04 bits per heavy atom. The highest BCUT2D eigenvalue weighted by Crippen LogP contribution is 2.26. The summed E-state index contributed by atoms with van der Waals surface area (Å²) in [5.41, 5.74) is 2.91. The molecule has 0 saturated heterocycles. The molecule has 8 heteroatoms. The van der Waals surface area contributed by atoms with Gasteiger partial charge in [-0.25, -0.2) is 14.8 Å². The molecule has 1 amide bonds. The number of nitrogens with one attached hydrogen (secondary N) is 2. The lowest BCUT2D eigenvalue weighted by molar-refractivity contribution is 0.213. The third-order valence-corrected chi connectivity index (χ3v) is 3.83. The molecule has 0 fully saturated rings. The van der Waals surface area contributed by atoms with Gasteiger partial charge in [0.05, 0.1) is 17.6 Å². The Hall–Kier alpha value is -3.00. The first-order valence-corrected chi connectivity index (χ1v) is 8.04. The minimum atomic E-state index is -0.642. The molecule has 3 aromatic rings. The molecule has 24 heavy (non-hydrogen) atoms. The van der Waals surface area contributed by atoms with E-state index in [1.165, 1.54) is 11.3 Å². The van der Waals surface area contributed by atoms with Crippen LogP contribution in [0.5, 0.6) is 5.88 Å². The van der Waals surface area contributed by atoms with E-state index in [-0.39, 0.29) is 5.88 Å². The van der Waals surface area contributed by atoms with Crippen LogP contribution >= 0.6 is 11.3 Å². The molecule has 0 spiro atoms. The molecule has 0 unspecified atom stereocenters. The number of aromatic nitrogens is 3. The Kier molecular flexibility index (Phi) is 4.66. The first-order valence-electron chi connectivity index (χ1n) is 7.16. The van der Waals surface area contributed by atoms with Crippen molar-refractivity contribution in [2.75, 3.05) is 10.6 Å². The zero-order valence-corrected chi connectivity index (χ0v) is 13.9. The maximum atomic E-state index is 12.1. The van der Waals surface area contributed by atoms with Crippen LogP contribution in [0, 0.1) is 13.8 Å². The molecule has 2 N–H and O–H groups in total. The van der Waals surface area contributed by atoms with Crippen molar-refractivity contribution in [3.05, 3.63) is 53.4 Å². The van der Waals surface area contributed by atoms with Crippen molar-refractivity contribution in [3.63, 3.8) is 0 Å². The van der Waals surface area contributed by atoms with Gasteiger partial charge in [0.1, 0.15) is 5.69 Å². The summed E-state index contributed by atoms with van der Waals surface area (Å²) in [7, 11) is 0. The molecule has 3 aromatic heterocycles. The highest BCUT2D eigenvalue weighted by atomic mass is 32.1. The number of pyridine rings is 2. The lowest BCUT2D eigenvalue weighted by Crippen LogP contribution is -2.18. The Balaban J connectivity index is 1.76. The van der Waals surface area contributed by atoms with E-state index in [9.17, 15) is 4.79 Å². The molecular formula is C16H15N5O2S. The van der Waals surface area contributed by atoms with Crippen LogP contribution in [0.4, 0.5) is 21.3 Å². The summed E-state index contributed by atoms with van der Waals surface area (Å²) >= 11 is 1.33. The van der Waals surface area contributed by atoms with Crippen LogP contribution in [-0.4, -0.2) is 21.0 Å². The van der Waals surface area contributed by atoms with E-state index >= 15 is 0 Å². The monoisotopic (exact) mass is 341 g/mol. The van der Waals surface area contributed by atoms with Crippen LogP contribution in [-0.2, 0) is 0 Å². The number of carbonyl (C=O) groups excluding carboxylic acids is 1. The SMILES string of the molecule is Cc1csc(NC(=O)Oc2nc(C)ccc2Nc2cccnc2)n1. The topological polar surface area (TPSA) is 89.0 Å². The Labute approximate surface area is 142 Å². The first kappa shape index (κ1) is 15.9. The molecule has 122 valence electrons. The second-order valence-corrected chi connectivity index (χ2v) is 5.84. The zero-order chi connectivity index (χ0) is 16.9. The van der Waals surface area contributed by atoms with Crippen LogP contribution < -0.4 is 15.4 Å². The highest BCUT2D eigenvalue weighted by Gasteiger charge is 2.13. The minimum absolute atomic E-state index is 0.185. The van der Waals surface area contributed by atoms with Crippen LogP contribution in [0.25, 0.3) is 0 Å². The summed E-state index contributed by atoms with van der Waals surface area (Å²) in [6, 6.07) is 7.29. The van der Waals surface area contributed by atoms with Crippen LogP contribution in [0.2, 0.25) is 0 Å². The summed E-state index contributed by atoms with van der Waals surface area (Å²) in [5.74, 6) is 0.185. The van der Waals surface area contributed by atoms with E-state index in [0.717, 1.165) is 17.1 Å². The predicted molar refractivity (Wildman–Crippen MR) is 93.0 cm³/mol. The summed E-state index contributed by atoms with van der Waals surface area (Å²) < 4.78 is 5.33. The average Bonchev–Trinajstić information content (AvgIpc) is 2.96. The fourth-order valence-corrected chi connectivity index (χ4v) is 2.58. The maximum Gasteiger partial charge on any atom is 0.420 e. The van der Waals surface area contributed by atoms with E-state index in [0.29, 0.717) is 10.8 Å². The second-order valence-electron chi connectivity index (χ2n) is 4.98. The molecule has 0 aliphatic heterocycles. The van der Waals surface area contributed by atoms with Gasteiger partial charge in [-0.2, -0.15) is 0 Å². The van der Waals surface area contributed by atoms with Gasteiger partial charge in [0, 0.05) is 17.3 Å². The van der Waals surface area contributed by atoms with Gasteiger partial charge in [-0.15, -0.1) is 11.3 Å². The van der Waals surface area contributed by atoms with Gasteiger partial charge in [-0.3, -0.25) is 10.3 Å². The van der Waals surface area contributed by atoms with Crippen molar-refractivity contribution in [2.24, 2.45) is 0 Å². The number of aryl methyl sites for hydroxylation is 2. The summed E-state index contributed by atoms with van der Waals surface area (Å²) in [5, 5.41) is 8.04. The summed E-state index contributed by atoms with van der Waals surface area (Å²) in [6.07, 6.45) is 2.71. The van der Waals surface area contributed by atoms with Crippen LogP contribution in [0.1, 0.15) is 11.4 Å². The minimum Gasteiger partial charge on any atom is -0.389 e. The molecular weight excluding hydrogens is 326 g/mol. The molecule has 0 saturated carbocycles. The second kappa shape index (κ2) is 7.05. The molecule has 0 aromatic carbocycles. The molecule has 7 nitrogen and oxygen atoms in total. The Morgan fingerprint density at radius 3 is 2.75 bits per heavy atom. The molecule has 0 aliphatic carbocycles. The van der Waals surface area contributed by atoms with Gasteiger partial charge >= 0.3 is 6.09 Å². The number of amides is 1. The third kappa shape index (κ3) is 4.05. The van der Waals surface area contributed by atoms with Crippen molar-refractivity contribution in [3.8, 4) is 5.88 Å². The highest BCUT2D eigenvalue weighted by molar-refractivity contribution is 7.13. The predicted octanol–water partition coefficient (Wildman–Crippen LogP) is 3.90. The van der Waals surface area contributed by atoms with Gasteiger partial charge < -0.3 is 10.1 Å². The van der Waals surface area contributed by atoms with Gasteiger partial charge in [0.25, 0.3) is 0 Å². The number of rotatable bonds is 4. The van der Waals surface area contributed by atoms with E-state index in [4.69, 9.17) is 4.74 Å². The molecule has 3 heterocycles. The van der Waals surface area contributed by atoms with Crippen molar-refractivity contribution in [2.45, 2.75) is 13.8 Å². The molecule has 0 aliphatic rings. The fourth-order valence-electron chi connectivity index (χ4n) is 1.91. The van der Waals surface area contributed by atoms with E-state index in [2.05, 4.69) is 25.6 Å². The Bertz CT molecular complexity index is 851. The molecule has 3 rings (SSSR count). The number of ether oxygens (including phenoxy) is 1. The lowest BCUT2D eigenvalue weighted by atomic mass is 10.3. The largest absolute Gasteiger partial charge is 0.420 e. The van der Waals surface area contributed by atoms with Crippen LogP contribution in [0.15, 0.2) is 42.0 Å². The maximum absolute atomic E-state index is 12.1. The van der Waals surface area contributed by atoms with Gasteiger partial charge in [-0.05, 0) is 38.1 Å². The normalized spacial score (nSPS) is 10.2. The lowest BCUT2D eigenvalue weighted by Gasteiger charge is -2.11. The molecule has 0 atom stereocenters. The van der Waals surface area contributed by atoms with E-state index in [1.807, 2.05) is 37.4 Å². The number of thiazole rings is 1. The average molecular weight is 341 g/mol. The number of nitrogens with zero attached hydrogens (tertiary/aromatic N) is 3. The van der Waals surface area contributed by atoms with Gasteiger partial charge in [0.15, 0.2) is 5.13 Å². The number of hydrogen-bond donors (Lipinski definition) is 2. The van der Waals surface area contributed by atoms with Crippen molar-refractivity contribution in [1.82, 2.24) is 15.0 Å². The van der Waals surface area contributed by atoms with E-state index in [1.54, 1.807) is 18.5 Å². The third-order valence-electron chi connectivity index (χ3n) is 2.96. The standard InChI is InChI=1S/C16H15N5O2S/c1-10-5-6-13(20-12-4-3-7-17-8-12)14(18-10)23-16(22)21-15-19-11(2)9-24-15/h3-9,20H,1-2H3,(H,19,21,22). The van der Waals surface area contributed by atoms with E-state index < -0.39 is 6.09 Å². The number of carbonyl (C=O) groups is 1. The van der Waals surface area contributed by atoms with Crippen molar-refractivity contribution < 1.29 is 9.53 Å². The fraction of sp³-hybridized carbons (Fsp3) is 0.125. The van der Waals surface area contributed by atoms with Crippen molar-refractivity contribution >= 4 is 33.9 Å².